The molecule has 0 radical (unpaired) electrons. The summed E-state index contributed by atoms with van der Waals surface area (Å²) in [4.78, 5) is 0. The fourth-order valence-corrected chi connectivity index (χ4v) is 1.22. The second-order valence-electron chi connectivity index (χ2n) is 2.44. The summed E-state index contributed by atoms with van der Waals surface area (Å²) in [5.41, 5.74) is 0.735. The van der Waals surface area contributed by atoms with Gasteiger partial charge in [-0.15, -0.1) is 0 Å². The Morgan fingerprint density at radius 2 is 1.77 bits per heavy atom. The van der Waals surface area contributed by atoms with Gasteiger partial charge in [0.05, 0.1) is 0 Å². The number of sulfonamides is 1. The summed E-state index contributed by atoms with van der Waals surface area (Å²) >= 11 is 5.63. The molecule has 0 saturated carbocycles. The Hall–Kier alpha value is -0.840. The van der Waals surface area contributed by atoms with Gasteiger partial charge in [0.15, 0.2) is 0 Å². The van der Waals surface area contributed by atoms with Crippen molar-refractivity contribution < 1.29 is 8.42 Å². The number of nitrogens with two attached hydrogens (primary N) is 1. The highest BCUT2D eigenvalue weighted by atomic mass is 35.5. The third-order valence-electron chi connectivity index (χ3n) is 1.32. The Morgan fingerprint density at radius 1 is 1.23 bits per heavy atom. The lowest BCUT2D eigenvalue weighted by Gasteiger charge is -1.92. The average Bonchev–Trinajstić information content (AvgIpc) is 2.02. The lowest BCUT2D eigenvalue weighted by atomic mass is 10.2. The first-order chi connectivity index (χ1) is 5.97. The topological polar surface area (TPSA) is 60.2 Å². The molecule has 0 aliphatic heterocycles. The van der Waals surface area contributed by atoms with Gasteiger partial charge in [0.2, 0.25) is 10.0 Å². The fraction of sp³-hybridized carbons (Fsp3) is 0. The molecule has 0 saturated heterocycles. The van der Waals surface area contributed by atoms with Crippen LogP contribution in [0.15, 0.2) is 29.7 Å². The van der Waals surface area contributed by atoms with Gasteiger partial charge in [0.25, 0.3) is 0 Å². The molecule has 2 N–H and O–H groups in total. The number of hydrogen-bond acceptors (Lipinski definition) is 2. The molecule has 0 aliphatic rings. The van der Waals surface area contributed by atoms with Crippen molar-refractivity contribution in [2.45, 2.75) is 0 Å². The Bertz CT molecular complexity index is 408. The number of primary sulfonamides is 1. The first-order valence-corrected chi connectivity index (χ1v) is 5.42. The van der Waals surface area contributed by atoms with Crippen LogP contribution in [0.25, 0.3) is 6.08 Å². The molecule has 5 heteroatoms. The summed E-state index contributed by atoms with van der Waals surface area (Å²) in [6.07, 6.45) is 1.41. The largest absolute Gasteiger partial charge is 0.231 e. The highest BCUT2D eigenvalue weighted by molar-refractivity contribution is 7.92. The molecule has 0 heterocycles. The van der Waals surface area contributed by atoms with E-state index in [9.17, 15) is 8.42 Å². The number of rotatable bonds is 2. The van der Waals surface area contributed by atoms with Crippen LogP contribution in [0.5, 0.6) is 0 Å². The Labute approximate surface area is 81.9 Å². The SMILES string of the molecule is NS(=O)(=O)C=Cc1ccc(Cl)cc1. The molecular formula is C8H8ClNO2S. The fourth-order valence-electron chi connectivity index (χ4n) is 0.747. The second-order valence-corrected chi connectivity index (χ2v) is 4.33. The van der Waals surface area contributed by atoms with Crippen molar-refractivity contribution >= 4 is 27.7 Å². The molecule has 0 amide bonds. The van der Waals surface area contributed by atoms with E-state index < -0.39 is 10.0 Å². The number of hydrogen-bond donors (Lipinski definition) is 1. The quantitative estimate of drug-likeness (QED) is 0.818. The van der Waals surface area contributed by atoms with Crippen molar-refractivity contribution in [3.63, 3.8) is 0 Å². The van der Waals surface area contributed by atoms with Gasteiger partial charge < -0.3 is 0 Å². The number of halogens is 1. The molecule has 0 aliphatic carbocycles. The lowest BCUT2D eigenvalue weighted by Crippen LogP contribution is -2.06. The van der Waals surface area contributed by atoms with Crippen molar-refractivity contribution in [3.05, 3.63) is 40.3 Å². The molecule has 0 atom stereocenters. The monoisotopic (exact) mass is 217 g/mol. The normalized spacial score (nSPS) is 12.2. The van der Waals surface area contributed by atoms with Gasteiger partial charge in [0.1, 0.15) is 0 Å². The summed E-state index contributed by atoms with van der Waals surface area (Å²) in [6.45, 7) is 0. The van der Waals surface area contributed by atoms with Gasteiger partial charge in [-0.3, -0.25) is 0 Å². The van der Waals surface area contributed by atoms with Gasteiger partial charge in [-0.25, -0.2) is 13.6 Å². The summed E-state index contributed by atoms with van der Waals surface area (Å²) in [5.74, 6) is 0. The molecule has 0 fully saturated rings. The van der Waals surface area contributed by atoms with Crippen molar-refractivity contribution in [2.75, 3.05) is 0 Å². The third-order valence-corrected chi connectivity index (χ3v) is 2.09. The molecule has 70 valence electrons. The molecule has 3 nitrogen and oxygen atoms in total. The molecule has 1 rings (SSSR count). The van der Waals surface area contributed by atoms with Crippen LogP contribution < -0.4 is 5.14 Å². The maximum atomic E-state index is 10.5. The summed E-state index contributed by atoms with van der Waals surface area (Å²) in [7, 11) is -3.55. The lowest BCUT2D eigenvalue weighted by molar-refractivity contribution is 0.606. The molecule has 0 unspecified atom stereocenters. The van der Waals surface area contributed by atoms with E-state index in [1.807, 2.05) is 0 Å². The molecule has 0 bridgehead atoms. The van der Waals surface area contributed by atoms with E-state index in [2.05, 4.69) is 0 Å². The summed E-state index contributed by atoms with van der Waals surface area (Å²) in [5, 5.41) is 6.32. The van der Waals surface area contributed by atoms with Gasteiger partial charge in [0, 0.05) is 10.4 Å². The van der Waals surface area contributed by atoms with Crippen LogP contribution in [0.3, 0.4) is 0 Å². The van der Waals surface area contributed by atoms with Crippen LogP contribution in [0.1, 0.15) is 5.56 Å². The van der Waals surface area contributed by atoms with Crippen molar-refractivity contribution in [3.8, 4) is 0 Å². The zero-order valence-corrected chi connectivity index (χ0v) is 8.22. The standard InChI is InChI=1S/C8H8ClNO2S/c9-8-3-1-7(2-4-8)5-6-13(10,11)12/h1-6H,(H2,10,11,12). The highest BCUT2D eigenvalue weighted by Gasteiger charge is 1.93. The molecule has 0 spiro atoms. The predicted molar refractivity (Wildman–Crippen MR) is 53.6 cm³/mol. The Kier molecular flexibility index (Phi) is 3.08. The van der Waals surface area contributed by atoms with E-state index >= 15 is 0 Å². The van der Waals surface area contributed by atoms with Crippen LogP contribution in [0.2, 0.25) is 5.02 Å². The van der Waals surface area contributed by atoms with Gasteiger partial charge >= 0.3 is 0 Å². The zero-order chi connectivity index (χ0) is 9.90. The van der Waals surface area contributed by atoms with Crippen molar-refractivity contribution in [2.24, 2.45) is 5.14 Å². The van der Waals surface area contributed by atoms with Crippen LogP contribution in [-0.2, 0) is 10.0 Å². The summed E-state index contributed by atoms with van der Waals surface area (Å²) < 4.78 is 21.1. The Morgan fingerprint density at radius 3 is 2.23 bits per heavy atom. The molecule has 13 heavy (non-hydrogen) atoms. The summed E-state index contributed by atoms with van der Waals surface area (Å²) in [6, 6.07) is 6.74. The van der Waals surface area contributed by atoms with E-state index in [0.29, 0.717) is 5.02 Å². The van der Waals surface area contributed by atoms with Crippen LogP contribution in [0.4, 0.5) is 0 Å². The van der Waals surface area contributed by atoms with Gasteiger partial charge in [-0.1, -0.05) is 23.7 Å². The van der Waals surface area contributed by atoms with Gasteiger partial charge in [-0.05, 0) is 23.8 Å². The maximum absolute atomic E-state index is 10.5. The molecule has 1 aromatic rings. The van der Waals surface area contributed by atoms with E-state index in [1.165, 1.54) is 6.08 Å². The van der Waals surface area contributed by atoms with Crippen molar-refractivity contribution in [1.29, 1.82) is 0 Å². The molecule has 0 aromatic heterocycles. The maximum Gasteiger partial charge on any atom is 0.231 e. The third kappa shape index (κ3) is 4.07. The first kappa shape index (κ1) is 10.2. The average molecular weight is 218 g/mol. The van der Waals surface area contributed by atoms with E-state index in [-0.39, 0.29) is 0 Å². The molecular weight excluding hydrogens is 210 g/mol. The minimum absolute atomic E-state index is 0.604. The minimum Gasteiger partial charge on any atom is -0.225 e. The molecule has 1 aromatic carbocycles. The van der Waals surface area contributed by atoms with E-state index in [0.717, 1.165) is 11.0 Å². The van der Waals surface area contributed by atoms with Crippen LogP contribution in [-0.4, -0.2) is 8.42 Å². The van der Waals surface area contributed by atoms with E-state index in [4.69, 9.17) is 16.7 Å². The van der Waals surface area contributed by atoms with E-state index in [1.54, 1.807) is 24.3 Å². The first-order valence-electron chi connectivity index (χ1n) is 3.44. The van der Waals surface area contributed by atoms with Gasteiger partial charge in [-0.2, -0.15) is 0 Å². The number of benzene rings is 1. The minimum atomic E-state index is -3.55. The second kappa shape index (κ2) is 3.91. The van der Waals surface area contributed by atoms with Crippen LogP contribution >= 0.6 is 11.6 Å². The zero-order valence-electron chi connectivity index (χ0n) is 6.64. The Balaban J connectivity index is 2.88. The predicted octanol–water partition coefficient (Wildman–Crippen LogP) is 1.60. The smallest absolute Gasteiger partial charge is 0.225 e. The van der Waals surface area contributed by atoms with Crippen molar-refractivity contribution in [1.82, 2.24) is 0 Å². The highest BCUT2D eigenvalue weighted by Crippen LogP contribution is 2.10. The van der Waals surface area contributed by atoms with Crippen LogP contribution in [0, 0.1) is 0 Å².